The molecule has 0 amide bonds. The average molecular weight is 617 g/mol. The second kappa shape index (κ2) is 12.5. The van der Waals surface area contributed by atoms with Crippen molar-refractivity contribution in [1.82, 2.24) is 0 Å². The largest absolute Gasteiger partial charge is 4.00 e. The molecule has 0 bridgehead atoms. The van der Waals surface area contributed by atoms with Crippen LogP contribution in [0.5, 0.6) is 0 Å². The van der Waals surface area contributed by atoms with Crippen LogP contribution in [0.15, 0.2) is 36.4 Å². The molecule has 0 atom stereocenters. The third-order valence-electron chi connectivity index (χ3n) is 7.74. The van der Waals surface area contributed by atoms with Crippen LogP contribution < -0.4 is 35.2 Å². The predicted octanol–water partition coefficient (Wildman–Crippen LogP) is 2.25. The summed E-state index contributed by atoms with van der Waals surface area (Å²) in [6, 6.07) is 14.8. The first-order chi connectivity index (χ1) is 15.5. The molecular weight excluding hydrogens is 575 g/mol. The summed E-state index contributed by atoms with van der Waals surface area (Å²) in [5.41, 5.74) is 8.99. The van der Waals surface area contributed by atoms with Gasteiger partial charge in [0.1, 0.15) is 0 Å². The first-order valence-corrected chi connectivity index (χ1v) is 16.0. The van der Waals surface area contributed by atoms with Gasteiger partial charge in [-0.25, -0.2) is 0 Å². The Labute approximate surface area is 252 Å². The Morgan fingerprint density at radius 1 is 0.667 bits per heavy atom. The fourth-order valence-corrected chi connectivity index (χ4v) is 10.5. The van der Waals surface area contributed by atoms with Gasteiger partial charge in [-0.2, -0.15) is 10.4 Å². The number of benzene rings is 2. The Kier molecular flexibility index (Phi) is 11.6. The molecule has 0 radical (unpaired) electrons. The van der Waals surface area contributed by atoms with Crippen LogP contribution in [0.1, 0.15) is 86.8 Å². The summed E-state index contributed by atoms with van der Waals surface area (Å²) in [4.78, 5) is 0. The van der Waals surface area contributed by atoms with Crippen LogP contribution in [0, 0.1) is 13.8 Å². The van der Waals surface area contributed by atoms with Crippen molar-refractivity contribution in [3.63, 3.8) is 0 Å². The Bertz CT molecular complexity index is 1240. The monoisotopic (exact) mass is 614 g/mol. The molecule has 4 aromatic carbocycles. The summed E-state index contributed by atoms with van der Waals surface area (Å²) in [5.74, 6) is 1.05. The van der Waals surface area contributed by atoms with Gasteiger partial charge in [-0.3, -0.25) is 0 Å². The molecular formula is C32H42Cl2SiZr. The van der Waals surface area contributed by atoms with Gasteiger partial charge in [0.15, 0.2) is 0 Å². The van der Waals surface area contributed by atoms with Crippen molar-refractivity contribution >= 4 is 40.0 Å². The number of halogens is 2. The molecule has 0 unspecified atom stereocenters. The van der Waals surface area contributed by atoms with Crippen molar-refractivity contribution in [3.05, 3.63) is 69.8 Å². The molecule has 0 fully saturated rings. The Balaban J connectivity index is 0.00000216. The minimum absolute atomic E-state index is 0. The molecule has 192 valence electrons. The van der Waals surface area contributed by atoms with Gasteiger partial charge < -0.3 is 24.8 Å². The van der Waals surface area contributed by atoms with E-state index in [1.165, 1.54) is 33.0 Å². The minimum atomic E-state index is -2.00. The molecule has 0 aromatic heterocycles. The molecule has 0 nitrogen and oxygen atoms in total. The standard InChI is InChI=1S/C32H42Si.2ClH.Zr/c1-11-23-17-25-13-21(7)15-27(19(3)4)29(25)31(23)33(9,10)32-24(12-2)18-26-14-22(8)16-28(20(5)6)30(26)32;;;/h13-20H,11-12H2,1-10H3;2*1H;/q-2;;;+4/p-2. The molecule has 4 aromatic rings. The molecule has 0 aliphatic heterocycles. The van der Waals surface area contributed by atoms with Gasteiger partial charge in [-0.1, -0.05) is 89.0 Å². The maximum Gasteiger partial charge on any atom is 4.00 e. The van der Waals surface area contributed by atoms with E-state index < -0.39 is 8.07 Å². The third-order valence-corrected chi connectivity index (χ3v) is 11.4. The van der Waals surface area contributed by atoms with Crippen molar-refractivity contribution in [1.29, 1.82) is 0 Å². The van der Waals surface area contributed by atoms with E-state index in [9.17, 15) is 0 Å². The SMILES string of the molecule is CCc1[cH-]c2cc(C)cc(C(C)C)c2c1[Si](C)(C)c1c(CC)[cH-]c2cc(C)cc(C(C)C)c12.[Cl-].[Cl-].[Zr+4]. The second-order valence-corrected chi connectivity index (χ2v) is 15.6. The molecule has 0 saturated heterocycles. The van der Waals surface area contributed by atoms with E-state index in [4.69, 9.17) is 0 Å². The fourth-order valence-electron chi connectivity index (χ4n) is 6.35. The molecule has 36 heavy (non-hydrogen) atoms. The van der Waals surface area contributed by atoms with Gasteiger partial charge in [0.05, 0.1) is 0 Å². The Morgan fingerprint density at radius 3 is 1.28 bits per heavy atom. The Morgan fingerprint density at radius 2 is 1.00 bits per heavy atom. The predicted molar refractivity (Wildman–Crippen MR) is 152 cm³/mol. The van der Waals surface area contributed by atoms with Crippen LogP contribution >= 0.6 is 0 Å². The van der Waals surface area contributed by atoms with E-state index in [-0.39, 0.29) is 51.0 Å². The van der Waals surface area contributed by atoms with Crippen molar-refractivity contribution < 1.29 is 51.0 Å². The molecule has 0 heterocycles. The van der Waals surface area contributed by atoms with Crippen molar-refractivity contribution in [2.24, 2.45) is 0 Å². The van der Waals surface area contributed by atoms with Crippen molar-refractivity contribution in [3.8, 4) is 0 Å². The molecule has 0 N–H and O–H groups in total. The second-order valence-electron chi connectivity index (χ2n) is 11.4. The van der Waals surface area contributed by atoms with Gasteiger partial charge in [-0.15, -0.1) is 56.9 Å². The van der Waals surface area contributed by atoms with Gasteiger partial charge in [0, 0.05) is 8.07 Å². The van der Waals surface area contributed by atoms with E-state index in [0.717, 1.165) is 12.8 Å². The van der Waals surface area contributed by atoms with Gasteiger partial charge >= 0.3 is 26.2 Å². The average Bonchev–Trinajstić information content (AvgIpc) is 3.30. The first-order valence-electron chi connectivity index (χ1n) is 13.0. The summed E-state index contributed by atoms with van der Waals surface area (Å²) >= 11 is 0. The molecule has 4 heteroatoms. The number of hydrogen-bond acceptors (Lipinski definition) is 0. The van der Waals surface area contributed by atoms with Crippen LogP contribution in [-0.2, 0) is 39.0 Å². The van der Waals surface area contributed by atoms with Crippen LogP contribution in [0.3, 0.4) is 0 Å². The van der Waals surface area contributed by atoms with E-state index in [2.05, 4.69) is 105 Å². The number of aryl methyl sites for hydroxylation is 4. The summed E-state index contributed by atoms with van der Waals surface area (Å²) in [6.07, 6.45) is 2.21. The smallest absolute Gasteiger partial charge is 1.00 e. The van der Waals surface area contributed by atoms with Gasteiger partial charge in [0.25, 0.3) is 0 Å². The normalized spacial score (nSPS) is 11.7. The van der Waals surface area contributed by atoms with E-state index in [1.54, 1.807) is 32.3 Å². The van der Waals surface area contributed by atoms with Crippen molar-refractivity contribution in [2.45, 2.75) is 93.2 Å². The van der Waals surface area contributed by atoms with Gasteiger partial charge in [0.2, 0.25) is 0 Å². The quantitative estimate of drug-likeness (QED) is 0.231. The molecule has 0 aliphatic rings. The minimum Gasteiger partial charge on any atom is -1.00 e. The zero-order valence-electron chi connectivity index (χ0n) is 23.8. The molecule has 0 saturated carbocycles. The van der Waals surface area contributed by atoms with Crippen LogP contribution in [0.2, 0.25) is 13.1 Å². The molecule has 0 spiro atoms. The van der Waals surface area contributed by atoms with Crippen molar-refractivity contribution in [2.75, 3.05) is 0 Å². The summed E-state index contributed by atoms with van der Waals surface area (Å²) < 4.78 is 0. The summed E-state index contributed by atoms with van der Waals surface area (Å²) in [7, 11) is -2.00. The maximum absolute atomic E-state index is 2.63. The van der Waals surface area contributed by atoms with Crippen LogP contribution in [0.25, 0.3) is 21.5 Å². The van der Waals surface area contributed by atoms with Gasteiger partial charge in [-0.05, 0) is 38.5 Å². The zero-order chi connectivity index (χ0) is 24.2. The molecule has 4 rings (SSSR count). The summed E-state index contributed by atoms with van der Waals surface area (Å²) in [5, 5.41) is 9.44. The van der Waals surface area contributed by atoms with E-state index in [1.807, 2.05) is 0 Å². The fraction of sp³-hybridized carbons (Fsp3) is 0.438. The molecule has 0 aliphatic carbocycles. The van der Waals surface area contributed by atoms with Crippen LogP contribution in [0.4, 0.5) is 0 Å². The van der Waals surface area contributed by atoms with E-state index >= 15 is 0 Å². The first kappa shape index (κ1) is 33.4. The third kappa shape index (κ3) is 5.54. The summed E-state index contributed by atoms with van der Waals surface area (Å²) in [6.45, 7) is 23.9. The zero-order valence-corrected chi connectivity index (χ0v) is 28.8. The van der Waals surface area contributed by atoms with E-state index in [0.29, 0.717) is 11.8 Å². The number of hydrogen-bond donors (Lipinski definition) is 0. The Hall–Kier alpha value is -0.660. The maximum atomic E-state index is 2.63. The number of fused-ring (bicyclic) bond motifs is 2. The van der Waals surface area contributed by atoms with Crippen LogP contribution in [-0.4, -0.2) is 8.07 Å². The topological polar surface area (TPSA) is 0 Å². The number of rotatable bonds is 6.